The predicted octanol–water partition coefficient (Wildman–Crippen LogP) is 3.10. The van der Waals surface area contributed by atoms with Crippen LogP contribution in [0.25, 0.3) is 0 Å². The maximum atomic E-state index is 12.6. The lowest BCUT2D eigenvalue weighted by molar-refractivity contribution is -0.165. The molecule has 1 atom stereocenters. The van der Waals surface area contributed by atoms with Crippen LogP contribution in [0.15, 0.2) is 24.3 Å². The van der Waals surface area contributed by atoms with Gasteiger partial charge in [0.25, 0.3) is 0 Å². The number of carbonyl (C=O) groups is 1. The van der Waals surface area contributed by atoms with Crippen molar-refractivity contribution in [2.24, 2.45) is 5.73 Å². The molecule has 0 amide bonds. The van der Waals surface area contributed by atoms with E-state index in [1.165, 1.54) is 12.1 Å². The molecule has 5 heteroatoms. The molecule has 0 fully saturated rings. The second-order valence-corrected chi connectivity index (χ2v) is 4.48. The molecule has 1 aromatic rings. The van der Waals surface area contributed by atoms with E-state index in [2.05, 4.69) is 0 Å². The average Bonchev–Trinajstić information content (AvgIpc) is 2.28. The number of hydrogen-bond acceptors (Lipinski definition) is 2. The van der Waals surface area contributed by atoms with Gasteiger partial charge in [-0.05, 0) is 18.9 Å². The lowest BCUT2D eigenvalue weighted by Gasteiger charge is -2.26. The Morgan fingerprint density at radius 1 is 1.22 bits per heavy atom. The first kappa shape index (κ1) is 14.7. The third kappa shape index (κ3) is 2.90. The van der Waals surface area contributed by atoms with E-state index in [1.54, 1.807) is 12.1 Å². The van der Waals surface area contributed by atoms with Crippen LogP contribution in [-0.2, 0) is 6.42 Å². The van der Waals surface area contributed by atoms with Crippen molar-refractivity contribution in [2.45, 2.75) is 38.4 Å². The van der Waals surface area contributed by atoms with E-state index in [4.69, 9.17) is 5.73 Å². The molecule has 1 aromatic carbocycles. The number of benzene rings is 1. The maximum absolute atomic E-state index is 12.6. The summed E-state index contributed by atoms with van der Waals surface area (Å²) in [4.78, 5) is 11.7. The average molecular weight is 259 g/mol. The molecule has 0 radical (unpaired) electrons. The first-order valence-corrected chi connectivity index (χ1v) is 5.69. The number of Topliss-reactive ketones (excluding diaryl/α,β-unsaturated/α-hetero) is 1. The zero-order chi connectivity index (χ0) is 14.0. The quantitative estimate of drug-likeness (QED) is 0.844. The number of alkyl halides is 3. The fourth-order valence-electron chi connectivity index (χ4n) is 1.54. The van der Waals surface area contributed by atoms with Gasteiger partial charge >= 0.3 is 6.18 Å². The summed E-state index contributed by atoms with van der Waals surface area (Å²) in [6, 6.07) is 6.10. The molecule has 1 rings (SSSR count). The molecule has 0 aliphatic rings. The van der Waals surface area contributed by atoms with Crippen molar-refractivity contribution in [3.63, 3.8) is 0 Å². The molecular weight excluding hydrogens is 243 g/mol. The third-order valence-electron chi connectivity index (χ3n) is 2.82. The van der Waals surface area contributed by atoms with Gasteiger partial charge < -0.3 is 5.73 Å². The van der Waals surface area contributed by atoms with Crippen LogP contribution < -0.4 is 5.73 Å². The molecule has 18 heavy (non-hydrogen) atoms. The molecule has 0 aliphatic heterocycles. The Hall–Kier alpha value is -1.36. The third-order valence-corrected chi connectivity index (χ3v) is 2.82. The molecule has 1 unspecified atom stereocenters. The fourth-order valence-corrected chi connectivity index (χ4v) is 1.54. The molecule has 2 N–H and O–H groups in total. The first-order valence-electron chi connectivity index (χ1n) is 5.69. The van der Waals surface area contributed by atoms with Crippen molar-refractivity contribution >= 4 is 5.78 Å². The first-order chi connectivity index (χ1) is 8.20. The topological polar surface area (TPSA) is 43.1 Å². The monoisotopic (exact) mass is 259 g/mol. The summed E-state index contributed by atoms with van der Waals surface area (Å²) in [6.45, 7) is 2.69. The van der Waals surface area contributed by atoms with Crippen LogP contribution in [0.1, 0.15) is 36.2 Å². The molecule has 0 bridgehead atoms. The predicted molar refractivity (Wildman–Crippen MR) is 63.4 cm³/mol. The standard InChI is InChI=1S/C13H16F3NO/c1-3-4-9-5-7-10(8-6-9)11(18)12(2,17)13(14,15)16/h5-8H,3-4,17H2,1-2H3. The summed E-state index contributed by atoms with van der Waals surface area (Å²) in [6.07, 6.45) is -3.00. The summed E-state index contributed by atoms with van der Waals surface area (Å²) in [7, 11) is 0. The zero-order valence-corrected chi connectivity index (χ0v) is 10.3. The van der Waals surface area contributed by atoms with Crippen LogP contribution in [0, 0.1) is 0 Å². The molecule has 100 valence electrons. The molecule has 0 saturated heterocycles. The minimum atomic E-state index is -4.76. The number of ketones is 1. The van der Waals surface area contributed by atoms with Gasteiger partial charge in [0.1, 0.15) is 0 Å². The molecule has 0 spiro atoms. The Labute approximate surface area is 104 Å². The summed E-state index contributed by atoms with van der Waals surface area (Å²) in [5, 5.41) is 0. The van der Waals surface area contributed by atoms with Crippen LogP contribution in [0.2, 0.25) is 0 Å². The van der Waals surface area contributed by atoms with E-state index in [9.17, 15) is 18.0 Å². The van der Waals surface area contributed by atoms with Crippen molar-refractivity contribution in [2.75, 3.05) is 0 Å². The van der Waals surface area contributed by atoms with E-state index < -0.39 is 17.5 Å². The van der Waals surface area contributed by atoms with E-state index in [-0.39, 0.29) is 5.56 Å². The fraction of sp³-hybridized carbons (Fsp3) is 0.462. The highest BCUT2D eigenvalue weighted by molar-refractivity contribution is 6.03. The minimum Gasteiger partial charge on any atom is -0.311 e. The maximum Gasteiger partial charge on any atom is 0.413 e. The van der Waals surface area contributed by atoms with Gasteiger partial charge in [-0.25, -0.2) is 0 Å². The van der Waals surface area contributed by atoms with E-state index in [0.29, 0.717) is 6.92 Å². The Kier molecular flexibility index (Phi) is 4.16. The number of carbonyl (C=O) groups excluding carboxylic acids is 1. The Bertz CT molecular complexity index is 421. The van der Waals surface area contributed by atoms with E-state index in [1.807, 2.05) is 6.92 Å². The number of hydrogen-bond donors (Lipinski definition) is 1. The lowest BCUT2D eigenvalue weighted by atomic mass is 9.91. The van der Waals surface area contributed by atoms with Crippen LogP contribution in [0.4, 0.5) is 13.2 Å². The molecule has 0 aliphatic carbocycles. The van der Waals surface area contributed by atoms with Gasteiger partial charge in [0.05, 0.1) is 0 Å². The number of aryl methyl sites for hydroxylation is 1. The van der Waals surface area contributed by atoms with Crippen molar-refractivity contribution in [1.82, 2.24) is 0 Å². The highest BCUT2D eigenvalue weighted by Gasteiger charge is 2.53. The molecule has 0 heterocycles. The van der Waals surface area contributed by atoms with Gasteiger partial charge in [-0.2, -0.15) is 13.2 Å². The van der Waals surface area contributed by atoms with Crippen LogP contribution in [0.5, 0.6) is 0 Å². The van der Waals surface area contributed by atoms with Gasteiger partial charge in [-0.15, -0.1) is 0 Å². The summed E-state index contributed by atoms with van der Waals surface area (Å²) < 4.78 is 37.9. The van der Waals surface area contributed by atoms with Crippen molar-refractivity contribution in [1.29, 1.82) is 0 Å². The van der Waals surface area contributed by atoms with Crippen LogP contribution in [-0.4, -0.2) is 17.5 Å². The van der Waals surface area contributed by atoms with Crippen LogP contribution >= 0.6 is 0 Å². The number of halogens is 3. The smallest absolute Gasteiger partial charge is 0.311 e. The zero-order valence-electron chi connectivity index (χ0n) is 10.3. The SMILES string of the molecule is CCCc1ccc(C(=O)C(C)(N)C(F)(F)F)cc1. The van der Waals surface area contributed by atoms with Crippen molar-refractivity contribution in [3.8, 4) is 0 Å². The Balaban J connectivity index is 2.98. The van der Waals surface area contributed by atoms with Crippen molar-refractivity contribution < 1.29 is 18.0 Å². The second kappa shape index (κ2) is 5.10. The van der Waals surface area contributed by atoms with Gasteiger partial charge in [-0.3, -0.25) is 4.79 Å². The highest BCUT2D eigenvalue weighted by Crippen LogP contribution is 2.30. The molecule has 2 nitrogen and oxygen atoms in total. The largest absolute Gasteiger partial charge is 0.413 e. The van der Waals surface area contributed by atoms with Gasteiger partial charge in [-0.1, -0.05) is 37.6 Å². The van der Waals surface area contributed by atoms with Gasteiger partial charge in [0.2, 0.25) is 0 Å². The highest BCUT2D eigenvalue weighted by atomic mass is 19.4. The second-order valence-electron chi connectivity index (χ2n) is 4.48. The summed E-state index contributed by atoms with van der Waals surface area (Å²) in [5.41, 5.74) is 3.21. The molecule has 0 saturated carbocycles. The van der Waals surface area contributed by atoms with Gasteiger partial charge in [0.15, 0.2) is 11.3 Å². The van der Waals surface area contributed by atoms with Crippen LogP contribution in [0.3, 0.4) is 0 Å². The van der Waals surface area contributed by atoms with E-state index in [0.717, 1.165) is 18.4 Å². The Morgan fingerprint density at radius 3 is 2.11 bits per heavy atom. The molecular formula is C13H16F3NO. The normalized spacial score (nSPS) is 15.2. The minimum absolute atomic E-state index is 0.0165. The number of rotatable bonds is 4. The van der Waals surface area contributed by atoms with Gasteiger partial charge in [0, 0.05) is 5.56 Å². The Morgan fingerprint density at radius 2 is 1.72 bits per heavy atom. The summed E-state index contributed by atoms with van der Waals surface area (Å²) >= 11 is 0. The van der Waals surface area contributed by atoms with Crippen molar-refractivity contribution in [3.05, 3.63) is 35.4 Å². The lowest BCUT2D eigenvalue weighted by Crippen LogP contribution is -2.57. The molecule has 0 aromatic heterocycles. The summed E-state index contributed by atoms with van der Waals surface area (Å²) in [5.74, 6) is -1.11. The number of nitrogens with two attached hydrogens (primary N) is 1. The van der Waals surface area contributed by atoms with E-state index >= 15 is 0 Å².